The minimum absolute atomic E-state index is 0.0133. The Hall–Kier alpha value is -5.25. The summed E-state index contributed by atoms with van der Waals surface area (Å²) in [5, 5.41) is 19.2. The summed E-state index contributed by atoms with van der Waals surface area (Å²) in [6.07, 6.45) is 1.72. The highest BCUT2D eigenvalue weighted by atomic mass is 28.3. The van der Waals surface area contributed by atoms with Gasteiger partial charge < -0.3 is 29.0 Å². The minimum atomic E-state index is -2.43. The summed E-state index contributed by atoms with van der Waals surface area (Å²) in [7, 11) is -0.770. The number of methoxy groups -OCH3 is 1. The lowest BCUT2D eigenvalue weighted by atomic mass is 9.82. The molecular weight excluding hydrogens is 721 g/mol. The van der Waals surface area contributed by atoms with Crippen LogP contribution in [0.2, 0.25) is 18.6 Å². The van der Waals surface area contributed by atoms with E-state index < -0.39 is 19.8 Å². The van der Waals surface area contributed by atoms with E-state index in [1.54, 1.807) is 26.5 Å². The van der Waals surface area contributed by atoms with Gasteiger partial charge in [0, 0.05) is 48.6 Å². The lowest BCUT2D eigenvalue weighted by Crippen LogP contribution is -2.51. The molecule has 3 saturated heterocycles. The average Bonchev–Trinajstić information content (AvgIpc) is 4.02. The van der Waals surface area contributed by atoms with E-state index in [1.807, 2.05) is 60.8 Å². The highest BCUT2D eigenvalue weighted by molar-refractivity contribution is 6.91. The van der Waals surface area contributed by atoms with E-state index in [4.69, 9.17) is 18.9 Å². The normalized spacial score (nSPS) is 23.5. The summed E-state index contributed by atoms with van der Waals surface area (Å²) in [6.45, 7) is 9.13. The van der Waals surface area contributed by atoms with Crippen molar-refractivity contribution in [2.45, 2.75) is 63.2 Å². The second-order valence-electron chi connectivity index (χ2n) is 15.2. The van der Waals surface area contributed by atoms with Crippen molar-refractivity contribution in [3.63, 3.8) is 0 Å². The molecule has 0 unspecified atom stereocenters. The van der Waals surface area contributed by atoms with Crippen molar-refractivity contribution in [3.05, 3.63) is 89.7 Å². The van der Waals surface area contributed by atoms with E-state index in [9.17, 15) is 14.7 Å². The third kappa shape index (κ3) is 6.33. The molecule has 4 aliphatic rings. The van der Waals surface area contributed by atoms with Crippen LogP contribution in [0.3, 0.4) is 0 Å². The van der Waals surface area contributed by atoms with Crippen LogP contribution >= 0.6 is 0 Å². The van der Waals surface area contributed by atoms with Crippen LogP contribution in [0.25, 0.3) is 0 Å². The smallest absolute Gasteiger partial charge is 0.414 e. The Labute approximate surface area is 320 Å². The van der Waals surface area contributed by atoms with Gasteiger partial charge in [-0.3, -0.25) is 19.3 Å². The Bertz CT molecular complexity index is 2090. The van der Waals surface area contributed by atoms with Crippen molar-refractivity contribution in [3.8, 4) is 5.75 Å². The third-order valence-corrected chi connectivity index (χ3v) is 16.2. The molecule has 0 saturated carbocycles. The molecule has 0 radical (unpaired) electrons. The molecular formula is C40H46N6O8Si. The number of carbonyl (C=O) groups excluding carboxylic acids is 3. The first-order valence-electron chi connectivity index (χ1n) is 18.8. The van der Waals surface area contributed by atoms with Crippen molar-refractivity contribution < 1.29 is 38.4 Å². The zero-order valence-corrected chi connectivity index (χ0v) is 32.5. The fourth-order valence-electron chi connectivity index (χ4n) is 9.05. The number of amides is 3. The SMILES string of the molecule is COc1ccc([Si](C)(C)[C@@H]2[C@@H](CCn3cc(CCO)nn3)O[C@]3(C(=O)N(Cc4ccc(N5CCOC5=O)cc4)c4ccc(N5CCOC5=O)cc43)[C@H]2C)cc1. The Morgan fingerprint density at radius 2 is 1.60 bits per heavy atom. The van der Waals surface area contributed by atoms with Crippen LogP contribution in [0.1, 0.15) is 30.2 Å². The molecule has 4 aromatic rings. The second-order valence-corrected chi connectivity index (χ2v) is 19.9. The molecule has 5 heterocycles. The number of nitrogens with zero attached hydrogens (tertiary/aromatic N) is 6. The Morgan fingerprint density at radius 3 is 2.24 bits per heavy atom. The topological polar surface area (TPSA) is 149 Å². The molecule has 1 N–H and O–H groups in total. The molecule has 4 aliphatic heterocycles. The van der Waals surface area contributed by atoms with Gasteiger partial charge in [0.15, 0.2) is 5.60 Å². The lowest BCUT2D eigenvalue weighted by Gasteiger charge is -2.37. The summed E-state index contributed by atoms with van der Waals surface area (Å²) in [5.41, 5.74) is 3.09. The fourth-order valence-corrected chi connectivity index (χ4v) is 13.1. The molecule has 4 atom stereocenters. The maximum absolute atomic E-state index is 15.4. The maximum Gasteiger partial charge on any atom is 0.414 e. The predicted molar refractivity (Wildman–Crippen MR) is 206 cm³/mol. The highest BCUT2D eigenvalue weighted by Crippen LogP contribution is 2.60. The number of aliphatic hydroxyl groups is 1. The highest BCUT2D eigenvalue weighted by Gasteiger charge is 2.66. The monoisotopic (exact) mass is 766 g/mol. The van der Waals surface area contributed by atoms with Crippen LogP contribution in [0.4, 0.5) is 26.7 Å². The predicted octanol–water partition coefficient (Wildman–Crippen LogP) is 4.59. The molecule has 288 valence electrons. The lowest BCUT2D eigenvalue weighted by molar-refractivity contribution is -0.146. The van der Waals surface area contributed by atoms with E-state index >= 15 is 4.79 Å². The van der Waals surface area contributed by atoms with Gasteiger partial charge in [0.25, 0.3) is 5.91 Å². The standard InChI is InChI=1S/C40H46N6O8Si/c1-26-36(55(3,4)32-12-10-31(51-2)11-13-32)35(15-17-43-25-28(16-20-47)41-42-43)54-40(26)33-23-30(45-19-22-53-39(45)50)9-14-34(33)46(37(40)48)24-27-5-7-29(8-6-27)44-18-21-52-38(44)49/h5-14,23,25-26,35-36,47H,15-22,24H2,1-4H3/t26-,35+,36-,40+/m0/s1. The molecule has 1 spiro atoms. The van der Waals surface area contributed by atoms with Gasteiger partial charge in [-0.2, -0.15) is 0 Å². The Morgan fingerprint density at radius 1 is 0.927 bits per heavy atom. The number of hydrogen-bond acceptors (Lipinski definition) is 10. The van der Waals surface area contributed by atoms with Gasteiger partial charge in [0.05, 0.1) is 52.3 Å². The summed E-state index contributed by atoms with van der Waals surface area (Å²) >= 11 is 0. The molecule has 14 nitrogen and oxygen atoms in total. The van der Waals surface area contributed by atoms with E-state index in [-0.39, 0.29) is 49.3 Å². The van der Waals surface area contributed by atoms with Gasteiger partial charge in [-0.1, -0.05) is 54.7 Å². The van der Waals surface area contributed by atoms with Crippen molar-refractivity contribution in [2.75, 3.05) is 54.7 Å². The molecule has 8 rings (SSSR count). The number of carbonyl (C=O) groups is 3. The summed E-state index contributed by atoms with van der Waals surface area (Å²) in [4.78, 5) is 45.4. The van der Waals surface area contributed by atoms with Crippen LogP contribution in [0.5, 0.6) is 5.75 Å². The van der Waals surface area contributed by atoms with Crippen LogP contribution in [-0.2, 0) is 44.1 Å². The van der Waals surface area contributed by atoms with Gasteiger partial charge in [-0.15, -0.1) is 5.10 Å². The quantitative estimate of drug-likeness (QED) is 0.203. The van der Waals surface area contributed by atoms with Gasteiger partial charge in [-0.25, -0.2) is 9.59 Å². The first-order chi connectivity index (χ1) is 26.5. The number of hydrogen-bond donors (Lipinski definition) is 1. The first-order valence-corrected chi connectivity index (χ1v) is 21.9. The summed E-state index contributed by atoms with van der Waals surface area (Å²) in [5.74, 6) is 0.364. The van der Waals surface area contributed by atoms with Crippen molar-refractivity contribution in [1.29, 1.82) is 0 Å². The molecule has 55 heavy (non-hydrogen) atoms. The van der Waals surface area contributed by atoms with Gasteiger partial charge in [0.2, 0.25) is 0 Å². The minimum Gasteiger partial charge on any atom is -0.497 e. The number of aryl methyl sites for hydroxylation is 1. The van der Waals surface area contributed by atoms with E-state index in [2.05, 4.69) is 42.5 Å². The molecule has 0 bridgehead atoms. The van der Waals surface area contributed by atoms with Crippen LogP contribution in [0.15, 0.2) is 72.9 Å². The number of anilines is 3. The van der Waals surface area contributed by atoms with E-state index in [0.717, 1.165) is 28.3 Å². The van der Waals surface area contributed by atoms with Crippen LogP contribution in [-0.4, -0.2) is 92.4 Å². The van der Waals surface area contributed by atoms with Crippen molar-refractivity contribution in [2.24, 2.45) is 5.92 Å². The molecule has 3 amide bonds. The fraction of sp³-hybridized carbons (Fsp3) is 0.425. The molecule has 0 aliphatic carbocycles. The zero-order chi connectivity index (χ0) is 38.5. The molecule has 1 aromatic heterocycles. The molecule has 3 aromatic carbocycles. The van der Waals surface area contributed by atoms with Crippen LogP contribution in [0, 0.1) is 5.92 Å². The third-order valence-electron chi connectivity index (χ3n) is 11.8. The number of fused-ring (bicyclic) bond motifs is 2. The van der Waals surface area contributed by atoms with Gasteiger partial charge in [-0.05, 0) is 60.0 Å². The Balaban J connectivity index is 1.19. The van der Waals surface area contributed by atoms with Gasteiger partial charge >= 0.3 is 12.2 Å². The molecule has 3 fully saturated rings. The van der Waals surface area contributed by atoms with E-state index in [1.165, 1.54) is 5.19 Å². The number of benzene rings is 3. The van der Waals surface area contributed by atoms with Crippen LogP contribution < -0.4 is 24.6 Å². The molecule has 15 heteroatoms. The number of aliphatic hydroxyl groups excluding tert-OH is 1. The number of cyclic esters (lactones) is 2. The summed E-state index contributed by atoms with van der Waals surface area (Å²) < 4.78 is 25.0. The van der Waals surface area contributed by atoms with Gasteiger partial charge in [0.1, 0.15) is 19.0 Å². The van der Waals surface area contributed by atoms with E-state index in [0.29, 0.717) is 50.5 Å². The second kappa shape index (κ2) is 14.4. The first kappa shape index (κ1) is 36.7. The average molecular weight is 767 g/mol. The zero-order valence-electron chi connectivity index (χ0n) is 31.5. The van der Waals surface area contributed by atoms with Crippen molar-refractivity contribution in [1.82, 2.24) is 15.0 Å². The number of rotatable bonds is 12. The maximum atomic E-state index is 15.4. The van der Waals surface area contributed by atoms with Crippen molar-refractivity contribution >= 4 is 48.4 Å². The Kier molecular flexibility index (Phi) is 9.63. The number of ether oxygens (including phenoxy) is 4. The summed E-state index contributed by atoms with van der Waals surface area (Å²) in [6, 6.07) is 21.6. The largest absolute Gasteiger partial charge is 0.497 e. The number of aromatic nitrogens is 3.